The number of nitrogens with zero attached hydrogens (tertiary/aromatic N) is 5. The summed E-state index contributed by atoms with van der Waals surface area (Å²) in [5, 5.41) is 11.3. The predicted molar refractivity (Wildman–Crippen MR) is 55.8 cm³/mol. The van der Waals surface area contributed by atoms with Gasteiger partial charge >= 0.3 is 0 Å². The van der Waals surface area contributed by atoms with Gasteiger partial charge in [0, 0.05) is 25.8 Å². The van der Waals surface area contributed by atoms with Crippen LogP contribution >= 0.6 is 0 Å². The topological polar surface area (TPSA) is 69.6 Å². The summed E-state index contributed by atoms with van der Waals surface area (Å²) in [4.78, 5) is 4.11. The Morgan fingerprint density at radius 1 is 1.50 bits per heavy atom. The highest BCUT2D eigenvalue weighted by Crippen LogP contribution is 2.43. The summed E-state index contributed by atoms with van der Waals surface area (Å²) in [6.07, 6.45) is 1.67. The predicted octanol–water partition coefficient (Wildman–Crippen LogP) is 1.77. The zero-order valence-electron chi connectivity index (χ0n) is 9.68. The Morgan fingerprint density at radius 2 is 2.33 bits per heavy atom. The van der Waals surface area contributed by atoms with Crippen LogP contribution in [0.2, 0.25) is 0 Å². The van der Waals surface area contributed by atoms with Crippen molar-refractivity contribution in [1.82, 2.24) is 25.1 Å². The molecule has 1 atom stereocenters. The van der Waals surface area contributed by atoms with Crippen molar-refractivity contribution >= 4 is 0 Å². The number of alkyl halides is 2. The smallest absolute Gasteiger partial charge is 0.280 e. The Hall–Kier alpha value is -1.86. The van der Waals surface area contributed by atoms with Gasteiger partial charge in [0.15, 0.2) is 11.5 Å². The summed E-state index contributed by atoms with van der Waals surface area (Å²) in [6, 6.07) is 0. The minimum Gasteiger partial charge on any atom is -0.332 e. The SMILES string of the molecule is Cn1cc(-c2nc(C3CCC(F)(F)C3)no2)nn1. The van der Waals surface area contributed by atoms with E-state index in [0.29, 0.717) is 17.9 Å². The van der Waals surface area contributed by atoms with Gasteiger partial charge in [-0.3, -0.25) is 4.68 Å². The maximum absolute atomic E-state index is 13.1. The zero-order valence-corrected chi connectivity index (χ0v) is 9.68. The summed E-state index contributed by atoms with van der Waals surface area (Å²) in [6.45, 7) is 0. The van der Waals surface area contributed by atoms with Crippen molar-refractivity contribution in [3.05, 3.63) is 12.0 Å². The van der Waals surface area contributed by atoms with E-state index in [-0.39, 0.29) is 24.7 Å². The number of hydrogen-bond acceptors (Lipinski definition) is 5. The van der Waals surface area contributed by atoms with Crippen LogP contribution in [0, 0.1) is 0 Å². The van der Waals surface area contributed by atoms with Gasteiger partial charge in [-0.15, -0.1) is 5.10 Å². The van der Waals surface area contributed by atoms with Crippen LogP contribution in [0.15, 0.2) is 10.7 Å². The Labute approximate surface area is 101 Å². The van der Waals surface area contributed by atoms with E-state index in [1.54, 1.807) is 13.2 Å². The van der Waals surface area contributed by atoms with Crippen LogP contribution in [0.1, 0.15) is 31.0 Å². The molecule has 1 fully saturated rings. The van der Waals surface area contributed by atoms with Gasteiger partial charge in [-0.05, 0) is 6.42 Å². The number of rotatable bonds is 2. The van der Waals surface area contributed by atoms with Crippen molar-refractivity contribution in [3.63, 3.8) is 0 Å². The lowest BCUT2D eigenvalue weighted by Gasteiger charge is -2.06. The Kier molecular flexibility index (Phi) is 2.39. The molecule has 8 heteroatoms. The molecule has 2 aromatic heterocycles. The average Bonchev–Trinajstić information content (AvgIpc) is 2.96. The third-order valence-electron chi connectivity index (χ3n) is 3.03. The molecule has 18 heavy (non-hydrogen) atoms. The van der Waals surface area contributed by atoms with Crippen molar-refractivity contribution in [1.29, 1.82) is 0 Å². The second-order valence-electron chi connectivity index (χ2n) is 4.53. The molecule has 96 valence electrons. The molecule has 1 aliphatic carbocycles. The third-order valence-corrected chi connectivity index (χ3v) is 3.03. The van der Waals surface area contributed by atoms with Crippen molar-refractivity contribution in [2.45, 2.75) is 31.1 Å². The van der Waals surface area contributed by atoms with E-state index >= 15 is 0 Å². The molecule has 0 saturated heterocycles. The lowest BCUT2D eigenvalue weighted by atomic mass is 10.1. The number of hydrogen-bond donors (Lipinski definition) is 0. The van der Waals surface area contributed by atoms with Gasteiger partial charge in [-0.25, -0.2) is 8.78 Å². The van der Waals surface area contributed by atoms with Gasteiger partial charge in [-0.2, -0.15) is 4.98 Å². The fourth-order valence-electron chi connectivity index (χ4n) is 2.12. The van der Waals surface area contributed by atoms with Gasteiger partial charge in [0.1, 0.15) is 0 Å². The van der Waals surface area contributed by atoms with Crippen molar-refractivity contribution in [2.24, 2.45) is 7.05 Å². The van der Waals surface area contributed by atoms with Crippen molar-refractivity contribution < 1.29 is 13.3 Å². The summed E-state index contributed by atoms with van der Waals surface area (Å²) >= 11 is 0. The third kappa shape index (κ3) is 1.98. The van der Waals surface area contributed by atoms with Gasteiger partial charge in [0.05, 0.1) is 6.20 Å². The second kappa shape index (κ2) is 3.82. The van der Waals surface area contributed by atoms with Gasteiger partial charge in [0.2, 0.25) is 5.92 Å². The van der Waals surface area contributed by atoms with Gasteiger partial charge in [0.25, 0.3) is 5.89 Å². The lowest BCUT2D eigenvalue weighted by molar-refractivity contribution is 0.00750. The molecular weight excluding hydrogens is 244 g/mol. The molecule has 1 aliphatic rings. The first-order valence-corrected chi connectivity index (χ1v) is 5.62. The molecule has 0 aliphatic heterocycles. The van der Waals surface area contributed by atoms with Crippen LogP contribution in [-0.4, -0.2) is 31.1 Å². The quantitative estimate of drug-likeness (QED) is 0.817. The van der Waals surface area contributed by atoms with E-state index in [1.165, 1.54) is 4.68 Å². The first-order valence-electron chi connectivity index (χ1n) is 5.62. The molecule has 1 unspecified atom stereocenters. The summed E-state index contributed by atoms with van der Waals surface area (Å²) in [5.74, 6) is -2.41. The van der Waals surface area contributed by atoms with Crippen LogP contribution in [0.5, 0.6) is 0 Å². The van der Waals surface area contributed by atoms with E-state index in [9.17, 15) is 8.78 Å². The first-order chi connectivity index (χ1) is 8.53. The van der Waals surface area contributed by atoms with Crippen LogP contribution in [0.25, 0.3) is 11.6 Å². The molecule has 0 radical (unpaired) electrons. The van der Waals surface area contributed by atoms with Gasteiger partial charge in [-0.1, -0.05) is 10.4 Å². The molecule has 1 saturated carbocycles. The minimum absolute atomic E-state index is 0.118. The number of halogens is 2. The largest absolute Gasteiger partial charge is 0.332 e. The van der Waals surface area contributed by atoms with Crippen LogP contribution < -0.4 is 0 Å². The Balaban J connectivity index is 1.82. The monoisotopic (exact) mass is 255 g/mol. The summed E-state index contributed by atoms with van der Waals surface area (Å²) < 4.78 is 32.7. The highest BCUT2D eigenvalue weighted by molar-refractivity contribution is 5.43. The van der Waals surface area contributed by atoms with Crippen molar-refractivity contribution in [2.75, 3.05) is 0 Å². The highest BCUT2D eigenvalue weighted by atomic mass is 19.3. The van der Waals surface area contributed by atoms with Gasteiger partial charge < -0.3 is 4.52 Å². The molecule has 2 aromatic rings. The standard InChI is InChI=1S/C10H11F2N5O/c1-17-5-7(14-16-17)9-13-8(15-18-9)6-2-3-10(11,12)4-6/h5-6H,2-4H2,1H3. The number of aryl methyl sites for hydroxylation is 1. The van der Waals surface area contributed by atoms with Crippen LogP contribution in [0.4, 0.5) is 8.78 Å². The summed E-state index contributed by atoms with van der Waals surface area (Å²) in [7, 11) is 1.71. The maximum atomic E-state index is 13.1. The Bertz CT molecular complexity index is 564. The normalized spacial score (nSPS) is 22.5. The molecule has 3 rings (SSSR count). The van der Waals surface area contributed by atoms with Crippen LogP contribution in [0.3, 0.4) is 0 Å². The molecule has 0 N–H and O–H groups in total. The number of aromatic nitrogens is 5. The van der Waals surface area contributed by atoms with E-state index in [0.717, 1.165) is 0 Å². The molecule has 0 aromatic carbocycles. The molecule has 0 amide bonds. The van der Waals surface area contributed by atoms with E-state index < -0.39 is 5.92 Å². The lowest BCUT2D eigenvalue weighted by Crippen LogP contribution is -2.09. The van der Waals surface area contributed by atoms with Crippen LogP contribution in [-0.2, 0) is 7.05 Å². The molecule has 6 nitrogen and oxygen atoms in total. The maximum Gasteiger partial charge on any atom is 0.280 e. The summed E-state index contributed by atoms with van der Waals surface area (Å²) in [5.41, 5.74) is 0.445. The highest BCUT2D eigenvalue weighted by Gasteiger charge is 2.42. The molecule has 0 spiro atoms. The molecule has 0 bridgehead atoms. The fraction of sp³-hybridized carbons (Fsp3) is 0.600. The minimum atomic E-state index is -2.61. The Morgan fingerprint density at radius 3 is 2.94 bits per heavy atom. The van der Waals surface area contributed by atoms with E-state index in [4.69, 9.17) is 4.52 Å². The zero-order chi connectivity index (χ0) is 12.8. The van der Waals surface area contributed by atoms with Crippen molar-refractivity contribution in [3.8, 4) is 11.6 Å². The first kappa shape index (κ1) is 11.2. The fourth-order valence-corrected chi connectivity index (χ4v) is 2.12. The van der Waals surface area contributed by atoms with E-state index in [2.05, 4.69) is 20.5 Å². The average molecular weight is 255 g/mol. The molecular formula is C10H11F2N5O. The molecule has 2 heterocycles. The van der Waals surface area contributed by atoms with E-state index in [1.807, 2.05) is 0 Å². The second-order valence-corrected chi connectivity index (χ2v) is 4.53.